The first-order chi connectivity index (χ1) is 8.84. The maximum Gasteiger partial charge on any atom is 0.416 e. The van der Waals surface area contributed by atoms with Gasteiger partial charge in [0.05, 0.1) is 18.6 Å². The smallest absolute Gasteiger partial charge is 0.416 e. The van der Waals surface area contributed by atoms with Crippen molar-refractivity contribution in [3.8, 4) is 0 Å². The average Bonchev–Trinajstić information content (AvgIpc) is 2.37. The van der Waals surface area contributed by atoms with Gasteiger partial charge in [-0.25, -0.2) is 0 Å². The van der Waals surface area contributed by atoms with Crippen LogP contribution in [0.3, 0.4) is 0 Å². The Morgan fingerprint density at radius 1 is 1.42 bits per heavy atom. The summed E-state index contributed by atoms with van der Waals surface area (Å²) < 4.78 is 42.0. The summed E-state index contributed by atoms with van der Waals surface area (Å²) in [5, 5.41) is 2.93. The number of alkyl halides is 3. The minimum Gasteiger partial charge on any atom is -0.469 e. The molecule has 0 fully saturated rings. The standard InChI is InChI=1S/C13H16F3NO2/c1-9(12(18)19-2)7-17-8-10-4-3-5-11(6-10)13(14,15)16/h3-6,9,17H,7-8H2,1-2H3. The molecule has 0 aliphatic carbocycles. The molecule has 106 valence electrons. The van der Waals surface area contributed by atoms with Crippen molar-refractivity contribution >= 4 is 5.97 Å². The molecule has 0 aliphatic heterocycles. The molecular weight excluding hydrogens is 259 g/mol. The minimum atomic E-state index is -4.34. The Bertz CT molecular complexity index is 432. The number of rotatable bonds is 5. The van der Waals surface area contributed by atoms with E-state index in [4.69, 9.17) is 0 Å². The molecule has 6 heteroatoms. The van der Waals surface area contributed by atoms with Gasteiger partial charge < -0.3 is 10.1 Å². The number of hydrogen-bond donors (Lipinski definition) is 1. The normalized spacial score (nSPS) is 13.1. The molecule has 0 saturated heterocycles. The summed E-state index contributed by atoms with van der Waals surface area (Å²) in [5.41, 5.74) is -0.153. The van der Waals surface area contributed by atoms with Gasteiger partial charge in [0.2, 0.25) is 0 Å². The van der Waals surface area contributed by atoms with Crippen LogP contribution in [0.4, 0.5) is 13.2 Å². The fraction of sp³-hybridized carbons (Fsp3) is 0.462. The Hall–Kier alpha value is -1.56. The summed E-state index contributed by atoms with van der Waals surface area (Å²) in [4.78, 5) is 11.1. The summed E-state index contributed by atoms with van der Waals surface area (Å²) in [6, 6.07) is 5.09. The highest BCUT2D eigenvalue weighted by Gasteiger charge is 2.30. The van der Waals surface area contributed by atoms with Gasteiger partial charge in [-0.3, -0.25) is 4.79 Å². The number of carbonyl (C=O) groups is 1. The van der Waals surface area contributed by atoms with Crippen molar-refractivity contribution in [1.82, 2.24) is 5.32 Å². The van der Waals surface area contributed by atoms with E-state index in [1.165, 1.54) is 13.2 Å². The van der Waals surface area contributed by atoms with Crippen molar-refractivity contribution in [2.45, 2.75) is 19.6 Å². The van der Waals surface area contributed by atoms with E-state index in [9.17, 15) is 18.0 Å². The largest absolute Gasteiger partial charge is 0.469 e. The Morgan fingerprint density at radius 2 is 2.11 bits per heavy atom. The lowest BCUT2D eigenvalue weighted by atomic mass is 10.1. The van der Waals surface area contributed by atoms with Gasteiger partial charge in [-0.2, -0.15) is 13.2 Å². The van der Waals surface area contributed by atoms with E-state index in [0.29, 0.717) is 12.1 Å². The van der Waals surface area contributed by atoms with Gasteiger partial charge in [-0.1, -0.05) is 25.1 Å². The SMILES string of the molecule is COC(=O)C(C)CNCc1cccc(C(F)(F)F)c1. The predicted molar refractivity (Wildman–Crippen MR) is 64.3 cm³/mol. The molecule has 0 aliphatic rings. The van der Waals surface area contributed by atoms with E-state index in [-0.39, 0.29) is 18.4 Å². The van der Waals surface area contributed by atoms with Crippen molar-refractivity contribution in [1.29, 1.82) is 0 Å². The van der Waals surface area contributed by atoms with E-state index in [2.05, 4.69) is 10.1 Å². The van der Waals surface area contributed by atoms with E-state index in [1.807, 2.05) is 0 Å². The number of methoxy groups -OCH3 is 1. The number of carbonyl (C=O) groups excluding carboxylic acids is 1. The molecule has 1 N–H and O–H groups in total. The third-order valence-corrected chi connectivity index (χ3v) is 2.64. The zero-order chi connectivity index (χ0) is 14.5. The molecular formula is C13H16F3NO2. The van der Waals surface area contributed by atoms with Gasteiger partial charge in [0.25, 0.3) is 0 Å². The Labute approximate surface area is 109 Å². The zero-order valence-electron chi connectivity index (χ0n) is 10.8. The van der Waals surface area contributed by atoms with Gasteiger partial charge in [0.1, 0.15) is 0 Å². The molecule has 19 heavy (non-hydrogen) atoms. The lowest BCUT2D eigenvalue weighted by molar-refractivity contribution is -0.144. The van der Waals surface area contributed by atoms with Gasteiger partial charge in [0, 0.05) is 13.1 Å². The van der Waals surface area contributed by atoms with Crippen LogP contribution in [0, 0.1) is 5.92 Å². The van der Waals surface area contributed by atoms with Crippen molar-refractivity contribution < 1.29 is 22.7 Å². The quantitative estimate of drug-likeness (QED) is 0.839. The Balaban J connectivity index is 2.53. The molecule has 1 atom stereocenters. The number of nitrogens with one attached hydrogen (secondary N) is 1. The van der Waals surface area contributed by atoms with Gasteiger partial charge in [0.15, 0.2) is 0 Å². The number of benzene rings is 1. The third-order valence-electron chi connectivity index (χ3n) is 2.64. The summed E-state index contributed by atoms with van der Waals surface area (Å²) in [5.74, 6) is -0.688. The van der Waals surface area contributed by atoms with Crippen molar-refractivity contribution in [3.05, 3.63) is 35.4 Å². The zero-order valence-corrected chi connectivity index (χ0v) is 10.8. The van der Waals surface area contributed by atoms with Crippen LogP contribution in [-0.4, -0.2) is 19.6 Å². The van der Waals surface area contributed by atoms with Crippen LogP contribution in [0.25, 0.3) is 0 Å². The maximum absolute atomic E-state index is 12.5. The highest BCUT2D eigenvalue weighted by atomic mass is 19.4. The summed E-state index contributed by atoms with van der Waals surface area (Å²) in [7, 11) is 1.30. The molecule has 3 nitrogen and oxygen atoms in total. The van der Waals surface area contributed by atoms with E-state index >= 15 is 0 Å². The third kappa shape index (κ3) is 4.90. The summed E-state index contributed by atoms with van der Waals surface area (Å²) >= 11 is 0. The average molecular weight is 275 g/mol. The van der Waals surface area contributed by atoms with Crippen LogP contribution >= 0.6 is 0 Å². The fourth-order valence-electron chi connectivity index (χ4n) is 1.58. The van der Waals surface area contributed by atoms with Crippen LogP contribution in [0.15, 0.2) is 24.3 Å². The van der Waals surface area contributed by atoms with Gasteiger partial charge >= 0.3 is 12.1 Å². The van der Waals surface area contributed by atoms with E-state index in [1.54, 1.807) is 13.0 Å². The maximum atomic E-state index is 12.5. The second-order valence-corrected chi connectivity index (χ2v) is 4.25. The molecule has 0 aromatic heterocycles. The molecule has 1 aromatic carbocycles. The molecule has 0 spiro atoms. The monoisotopic (exact) mass is 275 g/mol. The van der Waals surface area contributed by atoms with Crippen LogP contribution in [0.5, 0.6) is 0 Å². The number of ether oxygens (including phenoxy) is 1. The van der Waals surface area contributed by atoms with E-state index < -0.39 is 11.7 Å². The fourth-order valence-corrected chi connectivity index (χ4v) is 1.58. The number of halogens is 3. The lowest BCUT2D eigenvalue weighted by Gasteiger charge is -2.12. The molecule has 1 aromatic rings. The van der Waals surface area contributed by atoms with E-state index in [0.717, 1.165) is 12.1 Å². The first kappa shape index (κ1) is 15.5. The molecule has 1 unspecified atom stereocenters. The lowest BCUT2D eigenvalue weighted by Crippen LogP contribution is -2.27. The molecule has 1 rings (SSSR count). The molecule has 0 heterocycles. The van der Waals surface area contributed by atoms with Crippen LogP contribution in [-0.2, 0) is 22.3 Å². The summed E-state index contributed by atoms with van der Waals surface area (Å²) in [6.07, 6.45) is -4.34. The first-order valence-corrected chi connectivity index (χ1v) is 5.79. The minimum absolute atomic E-state index is 0.269. The molecule has 0 saturated carbocycles. The predicted octanol–water partition coefficient (Wildman–Crippen LogP) is 2.60. The second kappa shape index (κ2) is 6.56. The van der Waals surface area contributed by atoms with Gasteiger partial charge in [-0.15, -0.1) is 0 Å². The van der Waals surface area contributed by atoms with Crippen molar-refractivity contribution in [2.24, 2.45) is 5.92 Å². The second-order valence-electron chi connectivity index (χ2n) is 4.25. The molecule has 0 amide bonds. The molecule has 0 bridgehead atoms. The van der Waals surface area contributed by atoms with Crippen LogP contribution in [0.2, 0.25) is 0 Å². The topological polar surface area (TPSA) is 38.3 Å². The highest BCUT2D eigenvalue weighted by Crippen LogP contribution is 2.29. The van der Waals surface area contributed by atoms with Gasteiger partial charge in [-0.05, 0) is 11.6 Å². The first-order valence-electron chi connectivity index (χ1n) is 5.79. The molecule has 0 radical (unpaired) electrons. The van der Waals surface area contributed by atoms with Crippen molar-refractivity contribution in [3.63, 3.8) is 0 Å². The Morgan fingerprint density at radius 3 is 2.68 bits per heavy atom. The van der Waals surface area contributed by atoms with Crippen molar-refractivity contribution in [2.75, 3.05) is 13.7 Å². The Kier molecular flexibility index (Phi) is 5.35. The van der Waals surface area contributed by atoms with Crippen LogP contribution in [0.1, 0.15) is 18.1 Å². The number of esters is 1. The number of hydrogen-bond acceptors (Lipinski definition) is 3. The highest BCUT2D eigenvalue weighted by molar-refractivity contribution is 5.72. The summed E-state index contributed by atoms with van der Waals surface area (Å²) in [6.45, 7) is 2.30. The van der Waals surface area contributed by atoms with Crippen LogP contribution < -0.4 is 5.32 Å².